The van der Waals surface area contributed by atoms with Crippen molar-refractivity contribution in [3.63, 3.8) is 0 Å². The molecule has 4 heterocycles. The molecule has 0 unspecified atom stereocenters. The number of carbonyl (C=O) groups excluding carboxylic acids is 1. The van der Waals surface area contributed by atoms with Gasteiger partial charge in [0.2, 0.25) is 5.91 Å². The lowest BCUT2D eigenvalue weighted by Gasteiger charge is -2.36. The average molecular weight is 481 g/mol. The van der Waals surface area contributed by atoms with E-state index in [1.54, 1.807) is 9.80 Å². The number of carbonyl (C=O) groups is 1. The monoisotopic (exact) mass is 480 g/mol. The minimum atomic E-state index is -4.49. The average Bonchev–Trinajstić information content (AvgIpc) is 3.13. The number of amides is 1. The number of rotatable bonds is 4. The van der Waals surface area contributed by atoms with Crippen LogP contribution in [-0.2, 0) is 17.4 Å². The van der Waals surface area contributed by atoms with Crippen LogP contribution in [0.25, 0.3) is 5.65 Å². The van der Waals surface area contributed by atoms with Crippen LogP contribution in [0.1, 0.15) is 34.6 Å². The van der Waals surface area contributed by atoms with Crippen molar-refractivity contribution in [1.82, 2.24) is 24.5 Å². The van der Waals surface area contributed by atoms with E-state index in [0.717, 1.165) is 40.6 Å². The molecule has 0 aliphatic carbocycles. The Kier molecular flexibility index (Phi) is 6.22. The van der Waals surface area contributed by atoms with Crippen LogP contribution in [0.5, 0.6) is 0 Å². The minimum absolute atomic E-state index is 0.0247. The van der Waals surface area contributed by atoms with Gasteiger partial charge in [-0.3, -0.25) is 4.79 Å². The Labute approximate surface area is 194 Å². The molecule has 0 radical (unpaired) electrons. The molecule has 4 rings (SSSR count). The van der Waals surface area contributed by atoms with E-state index in [1.165, 1.54) is 0 Å². The molecule has 3 aromatic rings. The van der Waals surface area contributed by atoms with Crippen LogP contribution < -0.4 is 4.90 Å². The van der Waals surface area contributed by atoms with Gasteiger partial charge in [-0.1, -0.05) is 11.6 Å². The van der Waals surface area contributed by atoms with Crippen LogP contribution in [0.15, 0.2) is 18.3 Å². The van der Waals surface area contributed by atoms with Gasteiger partial charge in [-0.15, -0.1) is 0 Å². The van der Waals surface area contributed by atoms with Crippen molar-refractivity contribution in [2.24, 2.45) is 0 Å². The summed E-state index contributed by atoms with van der Waals surface area (Å²) in [6.07, 6.45) is -2.80. The fourth-order valence-corrected chi connectivity index (χ4v) is 4.46. The van der Waals surface area contributed by atoms with E-state index in [0.29, 0.717) is 44.8 Å². The number of nitrogens with zero attached hydrogens (tertiary/aromatic N) is 6. The molecule has 0 bridgehead atoms. The predicted molar refractivity (Wildman–Crippen MR) is 119 cm³/mol. The van der Waals surface area contributed by atoms with Crippen molar-refractivity contribution >= 4 is 29.0 Å². The Bertz CT molecular complexity index is 1200. The van der Waals surface area contributed by atoms with Crippen molar-refractivity contribution in [1.29, 1.82) is 0 Å². The Hall–Kier alpha value is -2.88. The van der Waals surface area contributed by atoms with Gasteiger partial charge in [0.05, 0.1) is 16.3 Å². The molecule has 0 saturated carbocycles. The summed E-state index contributed by atoms with van der Waals surface area (Å²) < 4.78 is 40.3. The first kappa shape index (κ1) is 23.3. The highest BCUT2D eigenvalue weighted by atomic mass is 35.5. The van der Waals surface area contributed by atoms with Crippen molar-refractivity contribution in [2.75, 3.05) is 31.1 Å². The largest absolute Gasteiger partial charge is 0.417 e. The van der Waals surface area contributed by atoms with Crippen LogP contribution in [-0.4, -0.2) is 56.6 Å². The van der Waals surface area contributed by atoms with Gasteiger partial charge in [0.1, 0.15) is 5.82 Å². The number of anilines is 1. The zero-order valence-corrected chi connectivity index (χ0v) is 19.3. The molecule has 1 fully saturated rings. The summed E-state index contributed by atoms with van der Waals surface area (Å²) in [4.78, 5) is 24.9. The lowest BCUT2D eigenvalue weighted by atomic mass is 10.1. The van der Waals surface area contributed by atoms with E-state index in [2.05, 4.69) is 15.1 Å². The second-order valence-electron chi connectivity index (χ2n) is 8.21. The molecule has 0 N–H and O–H groups in total. The van der Waals surface area contributed by atoms with Crippen LogP contribution in [0.4, 0.5) is 19.0 Å². The molecule has 0 spiro atoms. The highest BCUT2D eigenvalue weighted by Gasteiger charge is 2.32. The van der Waals surface area contributed by atoms with Gasteiger partial charge in [0.15, 0.2) is 5.65 Å². The van der Waals surface area contributed by atoms with Crippen molar-refractivity contribution in [3.05, 3.63) is 51.6 Å². The normalized spacial score (nSPS) is 14.9. The lowest BCUT2D eigenvalue weighted by Crippen LogP contribution is -2.49. The summed E-state index contributed by atoms with van der Waals surface area (Å²) in [6, 6.07) is 2.81. The highest BCUT2D eigenvalue weighted by molar-refractivity contribution is 6.33. The second kappa shape index (κ2) is 8.81. The fraction of sp³-hybridized carbons (Fsp3) is 0.455. The first-order valence-corrected chi connectivity index (χ1v) is 11.0. The number of piperazine rings is 1. The molecular weight excluding hydrogens is 457 g/mol. The first-order chi connectivity index (χ1) is 15.5. The van der Waals surface area contributed by atoms with Gasteiger partial charge in [-0.25, -0.2) is 14.5 Å². The van der Waals surface area contributed by atoms with Crippen LogP contribution in [0, 0.1) is 20.8 Å². The van der Waals surface area contributed by atoms with E-state index < -0.39 is 11.7 Å². The molecule has 7 nitrogen and oxygen atoms in total. The number of aromatic nitrogens is 4. The summed E-state index contributed by atoms with van der Waals surface area (Å²) in [5.74, 6) is 0.327. The van der Waals surface area contributed by atoms with Crippen LogP contribution in [0.3, 0.4) is 0 Å². The number of aryl methyl sites for hydroxylation is 3. The number of fused-ring (bicyclic) bond motifs is 1. The zero-order valence-electron chi connectivity index (χ0n) is 18.6. The maximum absolute atomic E-state index is 12.8. The zero-order chi connectivity index (χ0) is 23.9. The second-order valence-corrected chi connectivity index (χ2v) is 8.62. The summed E-state index contributed by atoms with van der Waals surface area (Å²) in [7, 11) is 0. The lowest BCUT2D eigenvalue weighted by molar-refractivity contribution is -0.137. The van der Waals surface area contributed by atoms with Gasteiger partial charge >= 0.3 is 6.18 Å². The summed E-state index contributed by atoms with van der Waals surface area (Å²) >= 11 is 6.06. The third kappa shape index (κ3) is 4.75. The molecule has 1 saturated heterocycles. The number of hydrogen-bond acceptors (Lipinski definition) is 5. The van der Waals surface area contributed by atoms with Crippen molar-refractivity contribution in [2.45, 2.75) is 39.8 Å². The molecular formula is C22H24ClF3N6O. The minimum Gasteiger partial charge on any atom is -0.352 e. The summed E-state index contributed by atoms with van der Waals surface area (Å²) in [5, 5.41) is 4.42. The van der Waals surface area contributed by atoms with E-state index in [9.17, 15) is 18.0 Å². The Morgan fingerprint density at radius 2 is 1.82 bits per heavy atom. The van der Waals surface area contributed by atoms with Crippen LogP contribution >= 0.6 is 11.6 Å². The smallest absolute Gasteiger partial charge is 0.352 e. The van der Waals surface area contributed by atoms with Crippen molar-refractivity contribution < 1.29 is 18.0 Å². The van der Waals surface area contributed by atoms with E-state index in [1.807, 2.05) is 31.4 Å². The van der Waals surface area contributed by atoms with Gasteiger partial charge in [0.25, 0.3) is 0 Å². The Balaban J connectivity index is 1.37. The molecule has 1 aliphatic rings. The number of pyridine rings is 1. The van der Waals surface area contributed by atoms with Gasteiger partial charge in [0, 0.05) is 56.3 Å². The third-order valence-corrected chi connectivity index (χ3v) is 6.23. The highest BCUT2D eigenvalue weighted by Crippen LogP contribution is 2.33. The predicted octanol–water partition coefficient (Wildman–Crippen LogP) is 4.00. The summed E-state index contributed by atoms with van der Waals surface area (Å²) in [6.45, 7) is 7.63. The fourth-order valence-electron chi connectivity index (χ4n) is 4.18. The number of halogens is 4. The van der Waals surface area contributed by atoms with E-state index >= 15 is 0 Å². The van der Waals surface area contributed by atoms with Gasteiger partial charge in [-0.05, 0) is 38.8 Å². The third-order valence-electron chi connectivity index (χ3n) is 5.96. The maximum Gasteiger partial charge on any atom is 0.417 e. The van der Waals surface area contributed by atoms with Gasteiger partial charge < -0.3 is 9.80 Å². The molecule has 1 amide bonds. The Morgan fingerprint density at radius 1 is 1.12 bits per heavy atom. The molecule has 33 heavy (non-hydrogen) atoms. The van der Waals surface area contributed by atoms with E-state index in [-0.39, 0.29) is 10.9 Å². The first-order valence-electron chi connectivity index (χ1n) is 10.6. The van der Waals surface area contributed by atoms with E-state index in [4.69, 9.17) is 11.6 Å². The quantitative estimate of drug-likeness (QED) is 0.564. The molecule has 0 atom stereocenters. The van der Waals surface area contributed by atoms with Gasteiger partial charge in [-0.2, -0.15) is 18.3 Å². The molecule has 11 heteroatoms. The SMILES string of the molecule is Cc1cc2nc(C)c(CCC(=O)N3CCN(c4ncc(C(F)(F)F)cc4Cl)CC3)c(C)n2n1. The van der Waals surface area contributed by atoms with Crippen LogP contribution in [0.2, 0.25) is 5.02 Å². The molecule has 0 aromatic carbocycles. The summed E-state index contributed by atoms with van der Waals surface area (Å²) in [5.41, 5.74) is 3.68. The molecule has 176 valence electrons. The van der Waals surface area contributed by atoms with Crippen molar-refractivity contribution in [3.8, 4) is 0 Å². The molecule has 3 aromatic heterocycles. The standard InChI is InChI=1S/C22H24ClF3N6O/c1-13-10-19-28-14(2)17(15(3)32(19)29-13)4-5-20(33)30-6-8-31(9-7-30)21-18(23)11-16(12-27-21)22(24,25)26/h10-12H,4-9H2,1-3H3. The number of alkyl halides is 3. The maximum atomic E-state index is 12.8. The Morgan fingerprint density at radius 3 is 2.45 bits per heavy atom. The topological polar surface area (TPSA) is 66.6 Å². The number of hydrogen-bond donors (Lipinski definition) is 0. The molecule has 1 aliphatic heterocycles.